The Morgan fingerprint density at radius 2 is 2.21 bits per heavy atom. The number of nitrogens with one attached hydrogen (secondary N) is 1. The Balaban J connectivity index is 1.67. The van der Waals surface area contributed by atoms with Crippen LogP contribution in [0.25, 0.3) is 0 Å². The molecule has 4 nitrogen and oxygen atoms in total. The summed E-state index contributed by atoms with van der Waals surface area (Å²) in [4.78, 5) is 13.6. The number of likely N-dealkylation sites (tertiary alicyclic amines) is 1. The van der Waals surface area contributed by atoms with Gasteiger partial charge in [0.15, 0.2) is 0 Å². The Morgan fingerprint density at radius 3 is 2.95 bits per heavy atom. The molecule has 1 aliphatic rings. The number of ether oxygens (including phenoxy) is 1. The van der Waals surface area contributed by atoms with E-state index in [4.69, 9.17) is 4.74 Å². The smallest absolute Gasteiger partial charge is 0.317 e. The van der Waals surface area contributed by atoms with Crippen LogP contribution < -0.4 is 10.1 Å². The fourth-order valence-electron chi connectivity index (χ4n) is 2.38. The number of urea groups is 1. The second-order valence-electron chi connectivity index (χ2n) is 4.89. The first-order valence-corrected chi connectivity index (χ1v) is 7.00. The van der Waals surface area contributed by atoms with E-state index in [0.29, 0.717) is 12.5 Å². The lowest BCUT2D eigenvalue weighted by Gasteiger charge is -2.16. The number of hydrogen-bond acceptors (Lipinski definition) is 2. The molecule has 1 unspecified atom stereocenters. The molecular weight excluding hydrogens is 240 g/mol. The lowest BCUT2D eigenvalue weighted by atomic mass is 10.1. The molecule has 0 saturated carbocycles. The summed E-state index contributed by atoms with van der Waals surface area (Å²) in [6, 6.07) is 9.93. The highest BCUT2D eigenvalue weighted by Crippen LogP contribution is 2.20. The molecule has 0 radical (unpaired) electrons. The van der Waals surface area contributed by atoms with Crippen LogP contribution in [0.3, 0.4) is 0 Å². The number of hydrogen-bond donors (Lipinski definition) is 1. The zero-order valence-electron chi connectivity index (χ0n) is 11.5. The fourth-order valence-corrected chi connectivity index (χ4v) is 2.38. The molecule has 1 heterocycles. The Kier molecular flexibility index (Phi) is 5.07. The van der Waals surface area contributed by atoms with E-state index in [9.17, 15) is 4.79 Å². The van der Waals surface area contributed by atoms with E-state index in [-0.39, 0.29) is 6.03 Å². The first-order chi connectivity index (χ1) is 9.29. The summed E-state index contributed by atoms with van der Waals surface area (Å²) in [7, 11) is 0. The van der Waals surface area contributed by atoms with Gasteiger partial charge in [0, 0.05) is 19.6 Å². The summed E-state index contributed by atoms with van der Waals surface area (Å²) in [6.45, 7) is 5.07. The molecule has 0 aliphatic carbocycles. The van der Waals surface area contributed by atoms with Crippen LogP contribution in [-0.4, -0.2) is 37.2 Å². The van der Waals surface area contributed by atoms with Crippen LogP contribution >= 0.6 is 0 Å². The van der Waals surface area contributed by atoms with Gasteiger partial charge in [-0.25, -0.2) is 4.79 Å². The van der Waals surface area contributed by atoms with E-state index in [1.165, 1.54) is 0 Å². The third kappa shape index (κ3) is 4.16. The van der Waals surface area contributed by atoms with Gasteiger partial charge in [-0.1, -0.05) is 18.2 Å². The molecule has 1 aromatic rings. The minimum absolute atomic E-state index is 0.0639. The van der Waals surface area contributed by atoms with Crippen molar-refractivity contribution >= 4 is 6.03 Å². The number of benzene rings is 1. The SMILES string of the molecule is CCNC(=O)N1CCC(CCOc2ccccc2)C1. The van der Waals surface area contributed by atoms with Crippen LogP contribution in [0.2, 0.25) is 0 Å². The maximum absolute atomic E-state index is 11.7. The van der Waals surface area contributed by atoms with Crippen LogP contribution in [0.15, 0.2) is 30.3 Å². The number of para-hydroxylation sites is 1. The van der Waals surface area contributed by atoms with Crippen molar-refractivity contribution in [2.24, 2.45) is 5.92 Å². The quantitative estimate of drug-likeness (QED) is 0.886. The summed E-state index contributed by atoms with van der Waals surface area (Å²) >= 11 is 0. The number of amides is 2. The highest BCUT2D eigenvalue weighted by Gasteiger charge is 2.25. The minimum Gasteiger partial charge on any atom is -0.494 e. The molecule has 2 rings (SSSR count). The van der Waals surface area contributed by atoms with E-state index >= 15 is 0 Å². The number of carbonyl (C=O) groups excluding carboxylic acids is 1. The van der Waals surface area contributed by atoms with Gasteiger partial charge in [0.1, 0.15) is 5.75 Å². The summed E-state index contributed by atoms with van der Waals surface area (Å²) in [5.41, 5.74) is 0. The Bertz CT molecular complexity index is 394. The van der Waals surface area contributed by atoms with Crippen molar-refractivity contribution in [2.75, 3.05) is 26.2 Å². The maximum Gasteiger partial charge on any atom is 0.317 e. The highest BCUT2D eigenvalue weighted by atomic mass is 16.5. The zero-order chi connectivity index (χ0) is 13.5. The average molecular weight is 262 g/mol. The van der Waals surface area contributed by atoms with Gasteiger partial charge in [0.2, 0.25) is 0 Å². The molecule has 4 heteroatoms. The molecule has 1 aliphatic heterocycles. The Morgan fingerprint density at radius 1 is 1.42 bits per heavy atom. The van der Waals surface area contributed by atoms with Crippen LogP contribution in [0, 0.1) is 5.92 Å². The van der Waals surface area contributed by atoms with Gasteiger partial charge in [-0.2, -0.15) is 0 Å². The first-order valence-electron chi connectivity index (χ1n) is 7.00. The third-order valence-electron chi connectivity index (χ3n) is 3.44. The molecule has 1 fully saturated rings. The molecule has 1 saturated heterocycles. The van der Waals surface area contributed by atoms with Crippen LogP contribution in [-0.2, 0) is 0 Å². The lowest BCUT2D eigenvalue weighted by molar-refractivity contribution is 0.206. The topological polar surface area (TPSA) is 41.6 Å². The molecule has 0 aromatic heterocycles. The van der Waals surface area contributed by atoms with E-state index in [1.54, 1.807) is 0 Å². The molecule has 2 amide bonds. The highest BCUT2D eigenvalue weighted by molar-refractivity contribution is 5.74. The van der Waals surface area contributed by atoms with Crippen molar-refractivity contribution < 1.29 is 9.53 Å². The third-order valence-corrected chi connectivity index (χ3v) is 3.44. The van der Waals surface area contributed by atoms with Crippen molar-refractivity contribution in [3.8, 4) is 5.75 Å². The van der Waals surface area contributed by atoms with Gasteiger partial charge >= 0.3 is 6.03 Å². The number of carbonyl (C=O) groups is 1. The number of rotatable bonds is 5. The second-order valence-corrected chi connectivity index (χ2v) is 4.89. The molecule has 1 N–H and O–H groups in total. The van der Waals surface area contributed by atoms with Crippen LogP contribution in [0.4, 0.5) is 4.79 Å². The van der Waals surface area contributed by atoms with Crippen molar-refractivity contribution in [2.45, 2.75) is 19.8 Å². The summed E-state index contributed by atoms with van der Waals surface area (Å²) in [5, 5.41) is 2.85. The van der Waals surface area contributed by atoms with Gasteiger partial charge in [0.05, 0.1) is 6.61 Å². The van der Waals surface area contributed by atoms with Crippen molar-refractivity contribution in [1.29, 1.82) is 0 Å². The van der Waals surface area contributed by atoms with Crippen molar-refractivity contribution in [3.63, 3.8) is 0 Å². The van der Waals surface area contributed by atoms with E-state index in [2.05, 4.69) is 5.32 Å². The van der Waals surface area contributed by atoms with Gasteiger partial charge in [-0.3, -0.25) is 0 Å². The molecular formula is C15H22N2O2. The molecule has 104 valence electrons. The molecule has 1 aromatic carbocycles. The van der Waals surface area contributed by atoms with Crippen molar-refractivity contribution in [1.82, 2.24) is 10.2 Å². The normalized spacial score (nSPS) is 18.4. The van der Waals surface area contributed by atoms with E-state index < -0.39 is 0 Å². The molecule has 1 atom stereocenters. The van der Waals surface area contributed by atoms with Gasteiger partial charge in [0.25, 0.3) is 0 Å². The standard InChI is InChI=1S/C15H22N2O2/c1-2-16-15(18)17-10-8-13(12-17)9-11-19-14-6-4-3-5-7-14/h3-7,13H,2,8-12H2,1H3,(H,16,18). The van der Waals surface area contributed by atoms with Crippen LogP contribution in [0.1, 0.15) is 19.8 Å². The maximum atomic E-state index is 11.7. The number of nitrogens with zero attached hydrogens (tertiary/aromatic N) is 1. The summed E-state index contributed by atoms with van der Waals surface area (Å²) in [5.74, 6) is 1.48. The largest absolute Gasteiger partial charge is 0.494 e. The second kappa shape index (κ2) is 7.02. The predicted octanol–water partition coefficient (Wildman–Crippen LogP) is 2.51. The van der Waals surface area contributed by atoms with Crippen molar-refractivity contribution in [3.05, 3.63) is 30.3 Å². The van der Waals surface area contributed by atoms with Gasteiger partial charge in [-0.15, -0.1) is 0 Å². The van der Waals surface area contributed by atoms with E-state index in [1.807, 2.05) is 42.2 Å². The molecule has 19 heavy (non-hydrogen) atoms. The lowest BCUT2D eigenvalue weighted by Crippen LogP contribution is -2.38. The predicted molar refractivity (Wildman–Crippen MR) is 75.3 cm³/mol. The Hall–Kier alpha value is -1.71. The van der Waals surface area contributed by atoms with Crippen LogP contribution in [0.5, 0.6) is 5.75 Å². The Labute approximate surface area is 114 Å². The molecule has 0 bridgehead atoms. The summed E-state index contributed by atoms with van der Waals surface area (Å²) in [6.07, 6.45) is 2.08. The first kappa shape index (κ1) is 13.7. The van der Waals surface area contributed by atoms with Gasteiger partial charge < -0.3 is 15.0 Å². The minimum atomic E-state index is 0.0639. The van der Waals surface area contributed by atoms with Gasteiger partial charge in [-0.05, 0) is 37.8 Å². The monoisotopic (exact) mass is 262 g/mol. The average Bonchev–Trinajstić information content (AvgIpc) is 2.89. The zero-order valence-corrected chi connectivity index (χ0v) is 11.5. The summed E-state index contributed by atoms with van der Waals surface area (Å²) < 4.78 is 5.69. The molecule has 0 spiro atoms. The fraction of sp³-hybridized carbons (Fsp3) is 0.533. The van der Waals surface area contributed by atoms with E-state index in [0.717, 1.165) is 38.3 Å².